The highest BCUT2D eigenvalue weighted by Gasteiger charge is 2.55. The van der Waals surface area contributed by atoms with Crippen LogP contribution in [0.5, 0.6) is 0 Å². The minimum atomic E-state index is -0.657. The number of amides is 2. The van der Waals surface area contributed by atoms with Crippen LogP contribution in [0.3, 0.4) is 0 Å². The molecule has 22 heavy (non-hydrogen) atoms. The Labute approximate surface area is 138 Å². The molecule has 2 amide bonds. The first-order valence-electron chi connectivity index (χ1n) is 7.33. The van der Waals surface area contributed by atoms with E-state index < -0.39 is 17.1 Å². The lowest BCUT2D eigenvalue weighted by Gasteiger charge is -2.25. The number of anilines is 1. The average Bonchev–Trinajstić information content (AvgIpc) is 2.96. The third kappa shape index (κ3) is 2.34. The Morgan fingerprint density at radius 3 is 2.73 bits per heavy atom. The Morgan fingerprint density at radius 2 is 2.14 bits per heavy atom. The average molecular weight is 367 g/mol. The van der Waals surface area contributed by atoms with Gasteiger partial charge in [-0.15, -0.1) is 0 Å². The summed E-state index contributed by atoms with van der Waals surface area (Å²) >= 11 is 3.45. The molecule has 1 saturated heterocycles. The van der Waals surface area contributed by atoms with E-state index in [1.54, 1.807) is 26.8 Å². The van der Waals surface area contributed by atoms with Gasteiger partial charge in [-0.2, -0.15) is 0 Å². The van der Waals surface area contributed by atoms with Gasteiger partial charge in [0, 0.05) is 11.0 Å². The van der Waals surface area contributed by atoms with E-state index in [-0.39, 0.29) is 5.91 Å². The molecule has 0 aromatic heterocycles. The van der Waals surface area contributed by atoms with Gasteiger partial charge >= 0.3 is 6.09 Å². The Hall–Kier alpha value is -1.40. The number of nitrogens with zero attached hydrogens (tertiary/aromatic N) is 1. The first-order valence-corrected chi connectivity index (χ1v) is 8.12. The third-order valence-electron chi connectivity index (χ3n) is 4.06. The summed E-state index contributed by atoms with van der Waals surface area (Å²) in [6.07, 6.45) is 0.0824. The number of hydrogen-bond donors (Lipinski definition) is 1. The van der Waals surface area contributed by atoms with Crippen LogP contribution in [0.2, 0.25) is 0 Å². The van der Waals surface area contributed by atoms with Gasteiger partial charge in [0.15, 0.2) is 0 Å². The summed E-state index contributed by atoms with van der Waals surface area (Å²) < 4.78 is 6.32. The number of halogens is 1. The second-order valence-corrected chi connectivity index (χ2v) is 7.71. The van der Waals surface area contributed by atoms with Gasteiger partial charge in [-0.05, 0) is 57.5 Å². The van der Waals surface area contributed by atoms with Crippen molar-refractivity contribution in [3.63, 3.8) is 0 Å². The number of imide groups is 1. The van der Waals surface area contributed by atoms with Crippen LogP contribution in [-0.4, -0.2) is 30.7 Å². The zero-order valence-electron chi connectivity index (χ0n) is 12.9. The summed E-state index contributed by atoms with van der Waals surface area (Å²) in [6, 6.07) is 5.57. The fourth-order valence-corrected chi connectivity index (χ4v) is 3.48. The van der Waals surface area contributed by atoms with E-state index in [1.165, 1.54) is 4.90 Å². The second-order valence-electron chi connectivity index (χ2n) is 6.79. The number of hydrogen-bond acceptors (Lipinski definition) is 4. The number of carbonyl (C=O) groups is 2. The van der Waals surface area contributed by atoms with Crippen molar-refractivity contribution in [3.8, 4) is 0 Å². The van der Waals surface area contributed by atoms with Gasteiger partial charge in [-0.1, -0.05) is 15.9 Å². The van der Waals surface area contributed by atoms with Crippen molar-refractivity contribution in [3.05, 3.63) is 28.2 Å². The molecule has 2 heterocycles. The minimum absolute atomic E-state index is 0.195. The largest absolute Gasteiger partial charge is 0.443 e. The Bertz CT molecular complexity index is 645. The summed E-state index contributed by atoms with van der Waals surface area (Å²) in [5, 5.41) is 3.24. The summed E-state index contributed by atoms with van der Waals surface area (Å²) in [6.45, 7) is 6.69. The quantitative estimate of drug-likeness (QED) is 0.766. The normalized spacial score (nSPS) is 24.0. The zero-order chi connectivity index (χ0) is 16.1. The Balaban J connectivity index is 2.07. The zero-order valence-corrected chi connectivity index (χ0v) is 14.5. The van der Waals surface area contributed by atoms with Gasteiger partial charge in [-0.3, -0.25) is 4.79 Å². The molecule has 5 nitrogen and oxygen atoms in total. The van der Waals surface area contributed by atoms with E-state index in [0.717, 1.165) is 16.6 Å². The highest BCUT2D eigenvalue weighted by atomic mass is 79.9. The van der Waals surface area contributed by atoms with Gasteiger partial charge in [0.2, 0.25) is 5.91 Å². The Morgan fingerprint density at radius 1 is 1.41 bits per heavy atom. The monoisotopic (exact) mass is 366 g/mol. The van der Waals surface area contributed by atoms with Crippen LogP contribution in [-0.2, 0) is 14.9 Å². The molecule has 0 saturated carbocycles. The first-order chi connectivity index (χ1) is 10.2. The number of ether oxygens (including phenoxy) is 1. The van der Waals surface area contributed by atoms with Crippen molar-refractivity contribution in [2.45, 2.75) is 38.2 Å². The molecule has 0 radical (unpaired) electrons. The fourth-order valence-electron chi connectivity index (χ4n) is 3.12. The first kappa shape index (κ1) is 15.5. The van der Waals surface area contributed by atoms with Crippen LogP contribution in [0.4, 0.5) is 10.5 Å². The molecule has 2 aliphatic rings. The second kappa shape index (κ2) is 5.06. The molecule has 3 rings (SSSR count). The smallest absolute Gasteiger partial charge is 0.421 e. The van der Waals surface area contributed by atoms with Crippen LogP contribution in [0, 0.1) is 0 Å². The van der Waals surface area contributed by atoms with E-state index >= 15 is 0 Å². The predicted octanol–water partition coefficient (Wildman–Crippen LogP) is 2.96. The van der Waals surface area contributed by atoms with Crippen LogP contribution in [0.15, 0.2) is 22.7 Å². The van der Waals surface area contributed by atoms with Crippen LogP contribution < -0.4 is 10.2 Å². The minimum Gasteiger partial charge on any atom is -0.443 e. The van der Waals surface area contributed by atoms with Crippen molar-refractivity contribution in [1.29, 1.82) is 0 Å². The van der Waals surface area contributed by atoms with Gasteiger partial charge in [0.25, 0.3) is 0 Å². The highest BCUT2D eigenvalue weighted by Crippen LogP contribution is 2.46. The lowest BCUT2D eigenvalue weighted by Crippen LogP contribution is -2.46. The van der Waals surface area contributed by atoms with Crippen molar-refractivity contribution < 1.29 is 14.3 Å². The van der Waals surface area contributed by atoms with E-state index in [1.807, 2.05) is 12.1 Å². The van der Waals surface area contributed by atoms with E-state index in [2.05, 4.69) is 21.2 Å². The molecular formula is C16H19BrN2O3. The van der Waals surface area contributed by atoms with Gasteiger partial charge < -0.3 is 10.1 Å². The summed E-state index contributed by atoms with van der Waals surface area (Å²) in [4.78, 5) is 26.7. The molecule has 0 bridgehead atoms. The fraction of sp³-hybridized carbons (Fsp3) is 0.500. The molecule has 1 fully saturated rings. The molecule has 1 unspecified atom stereocenters. The molecule has 6 heteroatoms. The summed E-state index contributed by atoms with van der Waals surface area (Å²) in [7, 11) is 0. The van der Waals surface area contributed by atoms with Crippen LogP contribution in [0.1, 0.15) is 32.8 Å². The maximum absolute atomic E-state index is 13.0. The third-order valence-corrected chi connectivity index (χ3v) is 4.55. The summed E-state index contributed by atoms with van der Waals surface area (Å²) in [5.74, 6) is -0.195. The number of rotatable bonds is 0. The van der Waals surface area contributed by atoms with Gasteiger partial charge in [-0.25, -0.2) is 9.69 Å². The molecule has 1 spiro atoms. The number of fused-ring (bicyclic) bond motifs is 2. The van der Waals surface area contributed by atoms with Crippen LogP contribution >= 0.6 is 15.9 Å². The van der Waals surface area contributed by atoms with E-state index in [0.29, 0.717) is 18.7 Å². The summed E-state index contributed by atoms with van der Waals surface area (Å²) in [5.41, 5.74) is 0.223. The number of nitrogens with one attached hydrogen (secondary N) is 1. The van der Waals surface area contributed by atoms with E-state index in [4.69, 9.17) is 4.74 Å². The van der Waals surface area contributed by atoms with E-state index in [9.17, 15) is 9.59 Å². The topological polar surface area (TPSA) is 58.6 Å². The molecular weight excluding hydrogens is 348 g/mol. The van der Waals surface area contributed by atoms with Crippen LogP contribution in [0.25, 0.3) is 0 Å². The standard InChI is InChI=1S/C16H19BrN2O3/c1-15(2,3)22-14(21)19-12-5-4-10(17)8-11(12)16(13(19)20)6-7-18-9-16/h4-5,8,18H,6-7,9H2,1-3H3. The molecule has 118 valence electrons. The molecule has 0 aliphatic carbocycles. The number of benzene rings is 1. The predicted molar refractivity (Wildman–Crippen MR) is 87.0 cm³/mol. The maximum Gasteiger partial charge on any atom is 0.421 e. The van der Waals surface area contributed by atoms with Crippen molar-refractivity contribution in [2.75, 3.05) is 18.0 Å². The SMILES string of the molecule is CC(C)(C)OC(=O)N1C(=O)C2(CCNC2)c2cc(Br)ccc21. The van der Waals surface area contributed by atoms with Crippen molar-refractivity contribution in [2.24, 2.45) is 0 Å². The Kier molecular flexibility index (Phi) is 3.57. The highest BCUT2D eigenvalue weighted by molar-refractivity contribution is 9.10. The van der Waals surface area contributed by atoms with Crippen molar-refractivity contribution in [1.82, 2.24) is 5.32 Å². The molecule has 1 N–H and O–H groups in total. The van der Waals surface area contributed by atoms with Crippen molar-refractivity contribution >= 4 is 33.6 Å². The molecule has 1 aromatic carbocycles. The number of carbonyl (C=O) groups excluding carboxylic acids is 2. The lowest BCUT2D eigenvalue weighted by atomic mass is 9.81. The maximum atomic E-state index is 13.0. The lowest BCUT2D eigenvalue weighted by molar-refractivity contribution is -0.122. The molecule has 2 aliphatic heterocycles. The van der Waals surface area contributed by atoms with Gasteiger partial charge in [0.1, 0.15) is 5.60 Å². The van der Waals surface area contributed by atoms with Gasteiger partial charge in [0.05, 0.1) is 11.1 Å². The molecule has 1 atom stereocenters. The molecule has 1 aromatic rings.